The number of thioether (sulfide) groups is 1. The van der Waals surface area contributed by atoms with Gasteiger partial charge in [0.2, 0.25) is 0 Å². The van der Waals surface area contributed by atoms with Crippen LogP contribution in [0.1, 0.15) is 82.5 Å². The van der Waals surface area contributed by atoms with Gasteiger partial charge in [-0.1, -0.05) is 43.9 Å². The van der Waals surface area contributed by atoms with Crippen molar-refractivity contribution in [2.45, 2.75) is 94.4 Å². The lowest BCUT2D eigenvalue weighted by Crippen LogP contribution is -2.38. The molecule has 2 fully saturated rings. The molecule has 8 heteroatoms. The van der Waals surface area contributed by atoms with Crippen molar-refractivity contribution in [2.75, 3.05) is 33.0 Å². The molecule has 2 aliphatic rings. The first-order valence-electron chi connectivity index (χ1n) is 11.9. The van der Waals surface area contributed by atoms with Gasteiger partial charge < -0.3 is 19.9 Å². The van der Waals surface area contributed by atoms with Gasteiger partial charge in [-0.3, -0.25) is 4.99 Å². The summed E-state index contributed by atoms with van der Waals surface area (Å²) in [6.45, 7) is 2.60. The van der Waals surface area contributed by atoms with Gasteiger partial charge in [0.05, 0.1) is 6.10 Å². The van der Waals surface area contributed by atoms with Crippen molar-refractivity contribution in [3.05, 3.63) is 5.82 Å². The lowest BCUT2D eigenvalue weighted by molar-refractivity contribution is 0.0277. The van der Waals surface area contributed by atoms with Crippen molar-refractivity contribution < 1.29 is 4.74 Å². The Balaban J connectivity index is 1.31. The predicted molar refractivity (Wildman–Crippen MR) is 124 cm³/mol. The van der Waals surface area contributed by atoms with Crippen LogP contribution in [0.5, 0.6) is 0 Å². The lowest BCUT2D eigenvalue weighted by Gasteiger charge is -2.22. The molecule has 0 aromatic carbocycles. The highest BCUT2D eigenvalue weighted by Gasteiger charge is 2.23. The van der Waals surface area contributed by atoms with Crippen molar-refractivity contribution >= 4 is 17.7 Å². The second-order valence-electron chi connectivity index (χ2n) is 8.42. The topological polar surface area (TPSA) is 76.4 Å². The Kier molecular flexibility index (Phi) is 10.3. The highest BCUT2D eigenvalue weighted by Crippen LogP contribution is 2.33. The highest BCUT2D eigenvalue weighted by atomic mass is 32.2. The molecule has 3 rings (SSSR count). The Labute approximate surface area is 186 Å². The first kappa shape index (κ1) is 23.4. The summed E-state index contributed by atoms with van der Waals surface area (Å²) < 4.78 is 8.39. The van der Waals surface area contributed by atoms with Crippen molar-refractivity contribution in [3.8, 4) is 0 Å². The number of hydrogen-bond donors (Lipinski definition) is 2. The summed E-state index contributed by atoms with van der Waals surface area (Å²) in [4.78, 5) is 4.34. The van der Waals surface area contributed by atoms with E-state index in [1.165, 1.54) is 57.8 Å². The Morgan fingerprint density at radius 1 is 1.03 bits per heavy atom. The zero-order valence-electron chi connectivity index (χ0n) is 18.9. The molecule has 170 valence electrons. The number of ether oxygens (including phenoxy) is 1. The van der Waals surface area contributed by atoms with Gasteiger partial charge in [-0.05, 0) is 44.8 Å². The summed E-state index contributed by atoms with van der Waals surface area (Å²) in [7, 11) is 1.83. The quantitative estimate of drug-likeness (QED) is 0.237. The third-order valence-electron chi connectivity index (χ3n) is 6.22. The van der Waals surface area contributed by atoms with Crippen LogP contribution in [-0.2, 0) is 11.2 Å². The molecule has 2 aliphatic carbocycles. The smallest absolute Gasteiger partial charge is 0.191 e. The molecular weight excluding hydrogens is 396 g/mol. The molecule has 0 bridgehead atoms. The number of nitrogens with one attached hydrogen (secondary N) is 2. The van der Waals surface area contributed by atoms with Crippen molar-refractivity contribution in [1.82, 2.24) is 25.4 Å². The Morgan fingerprint density at radius 2 is 1.73 bits per heavy atom. The Hall–Kier alpha value is -1.28. The fourth-order valence-electron chi connectivity index (χ4n) is 4.58. The van der Waals surface area contributed by atoms with E-state index in [9.17, 15) is 0 Å². The van der Waals surface area contributed by atoms with E-state index in [2.05, 4.69) is 36.6 Å². The number of nitrogens with zero attached hydrogens (tertiary/aromatic N) is 4. The maximum Gasteiger partial charge on any atom is 0.191 e. The van der Waals surface area contributed by atoms with E-state index in [1.807, 2.05) is 7.05 Å². The molecule has 2 N–H and O–H groups in total. The van der Waals surface area contributed by atoms with Crippen molar-refractivity contribution in [2.24, 2.45) is 4.99 Å². The van der Waals surface area contributed by atoms with Gasteiger partial charge in [0.15, 0.2) is 11.1 Å². The van der Waals surface area contributed by atoms with Gasteiger partial charge >= 0.3 is 0 Å². The van der Waals surface area contributed by atoms with Gasteiger partial charge in [0, 0.05) is 39.2 Å². The molecule has 30 heavy (non-hydrogen) atoms. The van der Waals surface area contributed by atoms with Crippen LogP contribution >= 0.6 is 11.8 Å². The van der Waals surface area contributed by atoms with Gasteiger partial charge in [-0.25, -0.2) is 0 Å². The van der Waals surface area contributed by atoms with E-state index in [0.717, 1.165) is 55.9 Å². The monoisotopic (exact) mass is 436 g/mol. The molecule has 0 saturated heterocycles. The molecule has 1 aromatic rings. The van der Waals surface area contributed by atoms with E-state index < -0.39 is 0 Å². The van der Waals surface area contributed by atoms with Crippen LogP contribution in [0.4, 0.5) is 0 Å². The van der Waals surface area contributed by atoms with E-state index in [-0.39, 0.29) is 0 Å². The molecule has 0 amide bonds. The van der Waals surface area contributed by atoms with E-state index in [1.54, 1.807) is 11.8 Å². The van der Waals surface area contributed by atoms with Crippen LogP contribution in [0.15, 0.2) is 10.1 Å². The number of guanidine groups is 1. The molecule has 0 atom stereocenters. The number of aryl methyl sites for hydroxylation is 1. The zero-order chi connectivity index (χ0) is 21.0. The lowest BCUT2D eigenvalue weighted by atomic mass is 9.98. The van der Waals surface area contributed by atoms with Gasteiger partial charge in [0.1, 0.15) is 5.82 Å². The number of aliphatic imine (C=N–C) groups is 1. The Bertz CT molecular complexity index is 638. The standard InChI is InChI=1S/C22H40N6OS/c1-23-21(25-16-9-17-29-19-12-4-3-5-13-19)24-15-8-14-20-26-27-22(30-2)28(20)18-10-6-7-11-18/h18-19H,3-17H2,1-2H3,(H2,23,24,25). The van der Waals surface area contributed by atoms with Crippen LogP contribution in [0.2, 0.25) is 0 Å². The maximum atomic E-state index is 5.99. The molecule has 1 aromatic heterocycles. The molecule has 7 nitrogen and oxygen atoms in total. The van der Waals surface area contributed by atoms with Crippen molar-refractivity contribution in [1.29, 1.82) is 0 Å². The maximum absolute atomic E-state index is 5.99. The summed E-state index contributed by atoms with van der Waals surface area (Å²) in [6, 6.07) is 0.593. The van der Waals surface area contributed by atoms with E-state index in [4.69, 9.17) is 4.74 Å². The van der Waals surface area contributed by atoms with Gasteiger partial charge in [-0.2, -0.15) is 0 Å². The fourth-order valence-corrected chi connectivity index (χ4v) is 5.15. The third kappa shape index (κ3) is 7.15. The molecule has 0 unspecified atom stereocenters. The molecule has 0 aliphatic heterocycles. The summed E-state index contributed by atoms with van der Waals surface area (Å²) in [5.41, 5.74) is 0. The summed E-state index contributed by atoms with van der Waals surface area (Å²) in [5, 5.41) is 16.8. The molecule has 0 radical (unpaired) electrons. The molecule has 2 saturated carbocycles. The molecular formula is C22H40N6OS. The van der Waals surface area contributed by atoms with Crippen molar-refractivity contribution in [3.63, 3.8) is 0 Å². The van der Waals surface area contributed by atoms with Crippen LogP contribution in [-0.4, -0.2) is 59.8 Å². The largest absolute Gasteiger partial charge is 0.378 e. The molecule has 1 heterocycles. The minimum atomic E-state index is 0.495. The summed E-state index contributed by atoms with van der Waals surface area (Å²) in [6.07, 6.45) is 17.3. The summed E-state index contributed by atoms with van der Waals surface area (Å²) in [5.74, 6) is 2.01. The first-order valence-corrected chi connectivity index (χ1v) is 13.1. The highest BCUT2D eigenvalue weighted by molar-refractivity contribution is 7.98. The normalized spacial score (nSPS) is 18.8. The number of aromatic nitrogens is 3. The van der Waals surface area contributed by atoms with Crippen LogP contribution in [0.25, 0.3) is 0 Å². The number of hydrogen-bond acceptors (Lipinski definition) is 5. The average molecular weight is 437 g/mol. The first-order chi connectivity index (χ1) is 14.8. The minimum Gasteiger partial charge on any atom is -0.378 e. The minimum absolute atomic E-state index is 0.495. The Morgan fingerprint density at radius 3 is 2.43 bits per heavy atom. The fraction of sp³-hybridized carbons (Fsp3) is 0.864. The van der Waals surface area contributed by atoms with Crippen LogP contribution < -0.4 is 10.6 Å². The van der Waals surface area contributed by atoms with Crippen LogP contribution in [0.3, 0.4) is 0 Å². The third-order valence-corrected chi connectivity index (χ3v) is 6.86. The second-order valence-corrected chi connectivity index (χ2v) is 9.20. The van der Waals surface area contributed by atoms with Crippen LogP contribution in [0, 0.1) is 0 Å². The van der Waals surface area contributed by atoms with E-state index >= 15 is 0 Å². The zero-order valence-corrected chi connectivity index (χ0v) is 19.7. The SMILES string of the molecule is CN=C(NCCCOC1CCCCC1)NCCCc1nnc(SC)n1C1CCCC1. The van der Waals surface area contributed by atoms with Gasteiger partial charge in [-0.15, -0.1) is 10.2 Å². The summed E-state index contributed by atoms with van der Waals surface area (Å²) >= 11 is 1.71. The second kappa shape index (κ2) is 13.2. The predicted octanol–water partition coefficient (Wildman–Crippen LogP) is 3.95. The van der Waals surface area contributed by atoms with E-state index in [0.29, 0.717) is 12.1 Å². The van der Waals surface area contributed by atoms with Gasteiger partial charge in [0.25, 0.3) is 0 Å². The number of rotatable bonds is 11. The average Bonchev–Trinajstić information content (AvgIpc) is 3.45. The molecule has 0 spiro atoms.